The molecule has 0 saturated carbocycles. The third-order valence-corrected chi connectivity index (χ3v) is 4.64. The van der Waals surface area contributed by atoms with E-state index in [4.69, 9.17) is 31.9 Å². The Labute approximate surface area is 134 Å². The van der Waals surface area contributed by atoms with Crippen LogP contribution in [0.1, 0.15) is 49.4 Å². The number of fused-ring (bicyclic) bond motifs is 2. The van der Waals surface area contributed by atoms with Gasteiger partial charge in [-0.1, -0.05) is 11.6 Å². The lowest BCUT2D eigenvalue weighted by Gasteiger charge is -2.20. The molecule has 3 rings (SSSR count). The summed E-state index contributed by atoms with van der Waals surface area (Å²) < 4.78 is 11.8. The third-order valence-electron chi connectivity index (χ3n) is 4.24. The minimum Gasteiger partial charge on any atom is -0.490 e. The molecule has 3 atom stereocenters. The van der Waals surface area contributed by atoms with E-state index in [1.165, 1.54) is 0 Å². The van der Waals surface area contributed by atoms with Crippen LogP contribution < -0.4 is 15.2 Å². The number of carbonyl (C=O) groups is 1. The van der Waals surface area contributed by atoms with Crippen molar-refractivity contribution < 1.29 is 19.4 Å². The predicted octanol–water partition coefficient (Wildman–Crippen LogP) is 2.85. The molecule has 0 bridgehead atoms. The third kappa shape index (κ3) is 2.52. The molecule has 0 aliphatic carbocycles. The fourth-order valence-corrected chi connectivity index (χ4v) is 3.63. The van der Waals surface area contributed by atoms with Gasteiger partial charge in [0.1, 0.15) is 23.7 Å². The molecule has 3 N–H and O–H groups in total. The number of nitrogens with two attached hydrogens (primary N) is 1. The van der Waals surface area contributed by atoms with E-state index in [1.807, 2.05) is 13.8 Å². The van der Waals surface area contributed by atoms with Gasteiger partial charge in [-0.25, -0.2) is 0 Å². The summed E-state index contributed by atoms with van der Waals surface area (Å²) in [6, 6.07) is -0.393. The highest BCUT2D eigenvalue weighted by molar-refractivity contribution is 6.33. The summed E-state index contributed by atoms with van der Waals surface area (Å²) in [5.41, 5.74) is 9.08. The van der Waals surface area contributed by atoms with Gasteiger partial charge in [-0.3, -0.25) is 4.79 Å². The van der Waals surface area contributed by atoms with E-state index >= 15 is 0 Å². The van der Waals surface area contributed by atoms with Crippen molar-refractivity contribution in [2.75, 3.05) is 0 Å². The summed E-state index contributed by atoms with van der Waals surface area (Å²) >= 11 is 6.49. The number of halogens is 1. The topological polar surface area (TPSA) is 81.8 Å². The van der Waals surface area contributed by atoms with Gasteiger partial charge in [0.15, 0.2) is 0 Å². The van der Waals surface area contributed by atoms with E-state index in [2.05, 4.69) is 0 Å². The normalized spacial score (nSPS) is 23.5. The van der Waals surface area contributed by atoms with Crippen molar-refractivity contribution in [3.8, 4) is 11.5 Å². The van der Waals surface area contributed by atoms with Gasteiger partial charge in [-0.2, -0.15) is 0 Å². The number of aliphatic carboxylic acids is 1. The average Bonchev–Trinajstić information content (AvgIpc) is 2.99. The lowest BCUT2D eigenvalue weighted by atomic mass is 9.91. The fourth-order valence-electron chi connectivity index (χ4n) is 3.31. The van der Waals surface area contributed by atoms with Crippen LogP contribution in [0, 0.1) is 0 Å². The zero-order valence-corrected chi connectivity index (χ0v) is 13.4. The molecule has 2 aliphatic rings. The largest absolute Gasteiger partial charge is 0.490 e. The maximum Gasteiger partial charge on any atom is 0.303 e. The van der Waals surface area contributed by atoms with Crippen LogP contribution in [0.25, 0.3) is 0 Å². The van der Waals surface area contributed by atoms with Gasteiger partial charge in [0, 0.05) is 42.0 Å². The molecular formula is C16H20ClNO4. The smallest absolute Gasteiger partial charge is 0.303 e. The summed E-state index contributed by atoms with van der Waals surface area (Å²) in [5, 5.41) is 9.51. The summed E-state index contributed by atoms with van der Waals surface area (Å²) in [5.74, 6) is 0.592. The van der Waals surface area contributed by atoms with Gasteiger partial charge in [0.25, 0.3) is 0 Å². The highest BCUT2D eigenvalue weighted by Crippen LogP contribution is 2.51. The van der Waals surface area contributed by atoms with Crippen molar-refractivity contribution in [3.63, 3.8) is 0 Å². The maximum atomic E-state index is 10.8. The van der Waals surface area contributed by atoms with Crippen LogP contribution in [0.4, 0.5) is 0 Å². The quantitative estimate of drug-likeness (QED) is 0.889. The van der Waals surface area contributed by atoms with Gasteiger partial charge in [-0.05, 0) is 20.3 Å². The van der Waals surface area contributed by atoms with Crippen LogP contribution >= 0.6 is 11.6 Å². The van der Waals surface area contributed by atoms with Crippen LogP contribution in [0.3, 0.4) is 0 Å². The van der Waals surface area contributed by atoms with Crippen LogP contribution in [0.2, 0.25) is 5.02 Å². The molecule has 0 amide bonds. The minimum absolute atomic E-state index is 0.0271. The van der Waals surface area contributed by atoms with E-state index in [-0.39, 0.29) is 18.6 Å². The Bertz CT molecular complexity index is 592. The van der Waals surface area contributed by atoms with Crippen molar-refractivity contribution in [2.45, 2.75) is 57.8 Å². The Morgan fingerprint density at radius 2 is 1.86 bits per heavy atom. The monoisotopic (exact) mass is 325 g/mol. The summed E-state index contributed by atoms with van der Waals surface area (Å²) in [6.45, 7) is 3.97. The molecule has 0 spiro atoms. The molecule has 5 nitrogen and oxygen atoms in total. The van der Waals surface area contributed by atoms with Crippen molar-refractivity contribution in [1.82, 2.24) is 0 Å². The number of carboxylic acid groups (broad SMARTS) is 1. The SMILES string of the molecule is CC1Cc2c(c(Cl)c3c(c2C(N)CCC(=O)O)OC(C)C3)O1. The number of hydrogen-bond donors (Lipinski definition) is 2. The van der Waals surface area contributed by atoms with E-state index in [0.717, 1.165) is 35.3 Å². The van der Waals surface area contributed by atoms with Crippen molar-refractivity contribution in [2.24, 2.45) is 5.73 Å². The first kappa shape index (κ1) is 15.4. The highest BCUT2D eigenvalue weighted by Gasteiger charge is 2.36. The second-order valence-electron chi connectivity index (χ2n) is 6.15. The highest BCUT2D eigenvalue weighted by atomic mass is 35.5. The van der Waals surface area contributed by atoms with Crippen molar-refractivity contribution >= 4 is 17.6 Å². The molecule has 22 heavy (non-hydrogen) atoms. The fraction of sp³-hybridized carbons (Fsp3) is 0.562. The number of hydrogen-bond acceptors (Lipinski definition) is 4. The first-order chi connectivity index (χ1) is 10.4. The first-order valence-corrected chi connectivity index (χ1v) is 7.94. The summed E-state index contributed by atoms with van der Waals surface area (Å²) in [6.07, 6.45) is 1.91. The van der Waals surface area contributed by atoms with Gasteiger partial charge in [-0.15, -0.1) is 0 Å². The van der Waals surface area contributed by atoms with Crippen LogP contribution in [0.15, 0.2) is 0 Å². The molecule has 2 heterocycles. The molecule has 120 valence electrons. The van der Waals surface area contributed by atoms with Crippen LogP contribution in [-0.4, -0.2) is 23.3 Å². The molecular weight excluding hydrogens is 306 g/mol. The molecule has 0 aromatic heterocycles. The van der Waals surface area contributed by atoms with Gasteiger partial charge < -0.3 is 20.3 Å². The molecule has 6 heteroatoms. The van der Waals surface area contributed by atoms with Crippen molar-refractivity contribution in [3.05, 3.63) is 21.7 Å². The lowest BCUT2D eigenvalue weighted by molar-refractivity contribution is -0.137. The lowest BCUT2D eigenvalue weighted by Crippen LogP contribution is -2.16. The van der Waals surface area contributed by atoms with E-state index in [0.29, 0.717) is 17.2 Å². The Morgan fingerprint density at radius 3 is 2.50 bits per heavy atom. The molecule has 2 aliphatic heterocycles. The van der Waals surface area contributed by atoms with E-state index < -0.39 is 12.0 Å². The Morgan fingerprint density at radius 1 is 1.27 bits per heavy atom. The van der Waals surface area contributed by atoms with E-state index in [9.17, 15) is 4.79 Å². The predicted molar refractivity (Wildman–Crippen MR) is 82.8 cm³/mol. The average molecular weight is 326 g/mol. The minimum atomic E-state index is -0.850. The van der Waals surface area contributed by atoms with Crippen molar-refractivity contribution in [1.29, 1.82) is 0 Å². The van der Waals surface area contributed by atoms with Gasteiger partial charge >= 0.3 is 5.97 Å². The van der Waals surface area contributed by atoms with Crippen LogP contribution in [-0.2, 0) is 17.6 Å². The second-order valence-corrected chi connectivity index (χ2v) is 6.53. The van der Waals surface area contributed by atoms with E-state index in [1.54, 1.807) is 0 Å². The molecule has 1 aromatic rings. The number of carboxylic acids is 1. The maximum absolute atomic E-state index is 10.8. The summed E-state index contributed by atoms with van der Waals surface area (Å²) in [4.78, 5) is 10.8. The molecule has 0 fully saturated rings. The first-order valence-electron chi connectivity index (χ1n) is 7.56. The number of ether oxygens (including phenoxy) is 2. The van der Waals surface area contributed by atoms with Crippen LogP contribution in [0.5, 0.6) is 11.5 Å². The zero-order chi connectivity index (χ0) is 16.0. The Hall–Kier alpha value is -1.46. The number of rotatable bonds is 4. The van der Waals surface area contributed by atoms with Gasteiger partial charge in [0.2, 0.25) is 0 Å². The molecule has 0 saturated heterocycles. The number of benzene rings is 1. The summed E-state index contributed by atoms with van der Waals surface area (Å²) in [7, 11) is 0. The second kappa shape index (κ2) is 5.63. The van der Waals surface area contributed by atoms with Gasteiger partial charge in [0.05, 0.1) is 5.02 Å². The zero-order valence-electron chi connectivity index (χ0n) is 12.7. The Kier molecular flexibility index (Phi) is 3.95. The molecule has 3 unspecified atom stereocenters. The molecule has 1 aromatic carbocycles. The standard InChI is InChI=1S/C16H20ClNO4/c1-7-5-9-13(11(18)3-4-12(19)20)15-10(6-8(2)21-15)14(17)16(9)22-7/h7-8,11H,3-6,18H2,1-2H3,(H,19,20). The molecule has 0 radical (unpaired) electrons. The Balaban J connectivity index is 2.07.